The number of likely N-dealkylation sites (N-methyl/N-ethyl adjacent to an activating group) is 1. The van der Waals surface area contributed by atoms with Crippen LogP contribution in [0.4, 0.5) is 0 Å². The predicted molar refractivity (Wildman–Crippen MR) is 55.4 cm³/mol. The second-order valence-corrected chi connectivity index (χ2v) is 3.46. The molecule has 0 unspecified atom stereocenters. The summed E-state index contributed by atoms with van der Waals surface area (Å²) in [5.41, 5.74) is 0. The van der Waals surface area contributed by atoms with Crippen molar-refractivity contribution in [1.29, 1.82) is 0 Å². The molecule has 0 aromatic rings. The normalized spacial score (nSPS) is 10.6. The Labute approximate surface area is 90.0 Å². The molecule has 0 spiro atoms. The fourth-order valence-electron chi connectivity index (χ4n) is 1.17. The average molecular weight is 217 g/mol. The van der Waals surface area contributed by atoms with E-state index in [9.17, 15) is 9.59 Å². The lowest BCUT2D eigenvalue weighted by Gasteiger charge is -2.11. The van der Waals surface area contributed by atoms with Crippen LogP contribution in [0.2, 0.25) is 0 Å². The molecule has 0 bridgehead atoms. The zero-order chi connectivity index (χ0) is 11.7. The number of carbonyl (C=O) groups excluding carboxylic acids is 1. The lowest BCUT2D eigenvalue weighted by molar-refractivity contribution is -0.140. The molecule has 0 heterocycles. The van der Waals surface area contributed by atoms with E-state index >= 15 is 0 Å². The number of unbranched alkanes of at least 4 members (excludes halogenated alkanes) is 2. The third-order valence-corrected chi connectivity index (χ3v) is 2.06. The maximum absolute atomic E-state index is 11.3. The van der Waals surface area contributed by atoms with Crippen molar-refractivity contribution in [2.75, 3.05) is 20.7 Å². The van der Waals surface area contributed by atoms with E-state index in [2.05, 4.69) is 0 Å². The van der Waals surface area contributed by atoms with Crippen LogP contribution < -0.4 is 0 Å². The van der Waals surface area contributed by atoms with Crippen molar-refractivity contribution in [2.45, 2.75) is 32.1 Å². The van der Waals surface area contributed by atoms with Crippen LogP contribution in [-0.2, 0) is 14.4 Å². The Hall–Kier alpha value is -0.940. The number of aliphatic carboxylic acids is 1. The van der Waals surface area contributed by atoms with Crippen LogP contribution in [0, 0.1) is 0 Å². The van der Waals surface area contributed by atoms with Gasteiger partial charge in [0.15, 0.2) is 0 Å². The van der Waals surface area contributed by atoms with Crippen molar-refractivity contribution in [3.8, 4) is 0 Å². The zero-order valence-electron chi connectivity index (χ0n) is 9.36. The van der Waals surface area contributed by atoms with Gasteiger partial charge in [-0.3, -0.25) is 9.59 Å². The molecule has 0 aliphatic carbocycles. The molecule has 0 aliphatic rings. The summed E-state index contributed by atoms with van der Waals surface area (Å²) in [6.07, 6.45) is 2.86. The van der Waals surface area contributed by atoms with Gasteiger partial charge in [0.25, 0.3) is 0 Å². The minimum atomic E-state index is -0.777. The number of hydroxylamine groups is 2. The molecule has 0 aromatic heterocycles. The van der Waals surface area contributed by atoms with Crippen molar-refractivity contribution >= 4 is 11.8 Å². The first-order valence-corrected chi connectivity index (χ1v) is 5.05. The van der Waals surface area contributed by atoms with Gasteiger partial charge in [-0.25, -0.2) is 0 Å². The standard InChI is InChI=1S/C10H19NO4/c1-11(15-2)8-9(12)6-4-3-5-7-10(13)14/h3-8H2,1-2H3,(H,13,14). The Morgan fingerprint density at radius 1 is 1.20 bits per heavy atom. The average Bonchev–Trinajstić information content (AvgIpc) is 2.16. The number of rotatable bonds is 9. The van der Waals surface area contributed by atoms with Gasteiger partial charge in [0.05, 0.1) is 13.7 Å². The molecule has 0 amide bonds. The SMILES string of the molecule is CON(C)CC(=O)CCCCCC(=O)O. The zero-order valence-corrected chi connectivity index (χ0v) is 9.36. The fraction of sp³-hybridized carbons (Fsp3) is 0.800. The van der Waals surface area contributed by atoms with Gasteiger partial charge >= 0.3 is 5.97 Å². The van der Waals surface area contributed by atoms with E-state index in [1.165, 1.54) is 12.2 Å². The van der Waals surface area contributed by atoms with Crippen molar-refractivity contribution < 1.29 is 19.5 Å². The summed E-state index contributed by atoms with van der Waals surface area (Å²) >= 11 is 0. The molecule has 15 heavy (non-hydrogen) atoms. The Kier molecular flexibility index (Phi) is 7.85. The summed E-state index contributed by atoms with van der Waals surface area (Å²) < 4.78 is 0. The number of Topliss-reactive ketones (excluding diaryl/α,β-unsaturated/α-hetero) is 1. The monoisotopic (exact) mass is 217 g/mol. The molecule has 0 saturated carbocycles. The molecule has 88 valence electrons. The van der Waals surface area contributed by atoms with Crippen molar-refractivity contribution in [2.24, 2.45) is 0 Å². The highest BCUT2D eigenvalue weighted by Crippen LogP contribution is 2.04. The van der Waals surface area contributed by atoms with Gasteiger partial charge in [-0.05, 0) is 12.8 Å². The molecule has 0 rings (SSSR count). The summed E-state index contributed by atoms with van der Waals surface area (Å²) in [5, 5.41) is 9.85. The van der Waals surface area contributed by atoms with E-state index in [0.29, 0.717) is 12.8 Å². The lowest BCUT2D eigenvalue weighted by Crippen LogP contribution is -2.24. The van der Waals surface area contributed by atoms with Crippen LogP contribution in [0.3, 0.4) is 0 Å². The largest absolute Gasteiger partial charge is 0.481 e. The van der Waals surface area contributed by atoms with Crippen LogP contribution in [0.1, 0.15) is 32.1 Å². The predicted octanol–water partition coefficient (Wildman–Crippen LogP) is 1.08. The topological polar surface area (TPSA) is 66.8 Å². The number of hydrogen-bond acceptors (Lipinski definition) is 4. The highest BCUT2D eigenvalue weighted by molar-refractivity contribution is 5.80. The summed E-state index contributed by atoms with van der Waals surface area (Å²) in [6, 6.07) is 0. The van der Waals surface area contributed by atoms with Crippen molar-refractivity contribution in [1.82, 2.24) is 5.06 Å². The first kappa shape index (κ1) is 14.1. The van der Waals surface area contributed by atoms with Gasteiger partial charge in [-0.1, -0.05) is 6.42 Å². The molecular weight excluding hydrogens is 198 g/mol. The van der Waals surface area contributed by atoms with E-state index in [4.69, 9.17) is 9.94 Å². The maximum Gasteiger partial charge on any atom is 0.303 e. The van der Waals surface area contributed by atoms with Crippen molar-refractivity contribution in [3.05, 3.63) is 0 Å². The number of hydrogen-bond donors (Lipinski definition) is 1. The lowest BCUT2D eigenvalue weighted by atomic mass is 10.1. The second-order valence-electron chi connectivity index (χ2n) is 3.46. The smallest absolute Gasteiger partial charge is 0.303 e. The van der Waals surface area contributed by atoms with Gasteiger partial charge in [-0.2, -0.15) is 5.06 Å². The maximum atomic E-state index is 11.3. The van der Waals surface area contributed by atoms with Crippen LogP contribution >= 0.6 is 0 Å². The quantitative estimate of drug-likeness (QED) is 0.462. The Bertz CT molecular complexity index is 206. The minimum Gasteiger partial charge on any atom is -0.481 e. The molecule has 0 fully saturated rings. The molecule has 1 N–H and O–H groups in total. The van der Waals surface area contributed by atoms with Crippen LogP contribution in [0.15, 0.2) is 0 Å². The number of ketones is 1. The van der Waals surface area contributed by atoms with E-state index in [-0.39, 0.29) is 18.7 Å². The first-order valence-electron chi connectivity index (χ1n) is 5.05. The van der Waals surface area contributed by atoms with E-state index in [1.807, 2.05) is 0 Å². The molecule has 0 radical (unpaired) electrons. The fourth-order valence-corrected chi connectivity index (χ4v) is 1.17. The number of carboxylic acids is 1. The third-order valence-electron chi connectivity index (χ3n) is 2.06. The summed E-state index contributed by atoms with van der Waals surface area (Å²) in [5.74, 6) is -0.657. The summed E-state index contributed by atoms with van der Waals surface area (Å²) in [7, 11) is 3.21. The van der Waals surface area contributed by atoms with Crippen LogP contribution in [-0.4, -0.2) is 42.6 Å². The van der Waals surface area contributed by atoms with Gasteiger partial charge in [0.2, 0.25) is 0 Å². The van der Waals surface area contributed by atoms with Gasteiger partial charge in [0.1, 0.15) is 5.78 Å². The van der Waals surface area contributed by atoms with Crippen molar-refractivity contribution in [3.63, 3.8) is 0 Å². The minimum absolute atomic E-state index is 0.120. The van der Waals surface area contributed by atoms with E-state index < -0.39 is 5.97 Å². The second kappa shape index (κ2) is 8.38. The van der Waals surface area contributed by atoms with Gasteiger partial charge < -0.3 is 9.94 Å². The van der Waals surface area contributed by atoms with Gasteiger partial charge in [0, 0.05) is 19.9 Å². The molecule has 0 saturated heterocycles. The van der Waals surface area contributed by atoms with Gasteiger partial charge in [-0.15, -0.1) is 0 Å². The third kappa shape index (κ3) is 9.37. The Morgan fingerprint density at radius 2 is 1.80 bits per heavy atom. The van der Waals surface area contributed by atoms with E-state index in [1.54, 1.807) is 7.05 Å². The highest BCUT2D eigenvalue weighted by atomic mass is 16.7. The summed E-state index contributed by atoms with van der Waals surface area (Å²) in [6.45, 7) is 0.287. The number of carboxylic acid groups (broad SMARTS) is 1. The molecule has 0 aliphatic heterocycles. The van der Waals surface area contributed by atoms with Crippen LogP contribution in [0.5, 0.6) is 0 Å². The Balaban J connectivity index is 3.35. The first-order chi connectivity index (χ1) is 7.06. The molecule has 0 atom stereocenters. The number of carbonyl (C=O) groups is 2. The Morgan fingerprint density at radius 3 is 2.33 bits per heavy atom. The molecule has 5 heteroatoms. The van der Waals surface area contributed by atoms with Crippen LogP contribution in [0.25, 0.3) is 0 Å². The summed E-state index contributed by atoms with van der Waals surface area (Å²) in [4.78, 5) is 26.3. The molecular formula is C10H19NO4. The highest BCUT2D eigenvalue weighted by Gasteiger charge is 2.05. The number of nitrogens with zero attached hydrogens (tertiary/aromatic N) is 1. The molecule has 0 aromatic carbocycles. The molecule has 5 nitrogen and oxygen atoms in total. The van der Waals surface area contributed by atoms with E-state index in [0.717, 1.165) is 12.8 Å².